The second-order valence-corrected chi connectivity index (χ2v) is 6.87. The first-order valence-electron chi connectivity index (χ1n) is 7.68. The van der Waals surface area contributed by atoms with E-state index >= 15 is 0 Å². The number of nitro groups is 1. The van der Waals surface area contributed by atoms with E-state index in [9.17, 15) is 33.2 Å². The van der Waals surface area contributed by atoms with Crippen LogP contribution in [0.3, 0.4) is 0 Å². The summed E-state index contributed by atoms with van der Waals surface area (Å²) in [4.78, 5) is 21.8. The second-order valence-electron chi connectivity index (χ2n) is 5.96. The molecule has 7 nitrogen and oxygen atoms in total. The number of benzene rings is 2. The zero-order valence-electron chi connectivity index (χ0n) is 14.3. The number of halogens is 4. The van der Waals surface area contributed by atoms with E-state index in [0.29, 0.717) is 17.9 Å². The Balaban J connectivity index is 2.14. The number of anilines is 1. The van der Waals surface area contributed by atoms with E-state index in [2.05, 4.69) is 21.2 Å². The summed E-state index contributed by atoms with van der Waals surface area (Å²) in [6.45, 7) is 0.650. The Morgan fingerprint density at radius 3 is 2.39 bits per heavy atom. The number of nitrogens with one attached hydrogen (secondary N) is 1. The van der Waals surface area contributed by atoms with E-state index in [1.165, 1.54) is 0 Å². The van der Waals surface area contributed by atoms with Crippen LogP contribution in [0.2, 0.25) is 0 Å². The van der Waals surface area contributed by atoms with Gasteiger partial charge in [-0.1, -0.05) is 15.9 Å². The largest absolute Gasteiger partial charge is 0.490 e. The van der Waals surface area contributed by atoms with Crippen molar-refractivity contribution in [1.29, 1.82) is 0 Å². The van der Waals surface area contributed by atoms with Crippen LogP contribution in [0.15, 0.2) is 46.9 Å². The lowest BCUT2D eigenvalue weighted by molar-refractivity contribution is -0.388. The van der Waals surface area contributed by atoms with Gasteiger partial charge in [-0.2, -0.15) is 13.2 Å². The van der Waals surface area contributed by atoms with Crippen LogP contribution in [-0.2, 0) is 11.0 Å². The van der Waals surface area contributed by atoms with Gasteiger partial charge >= 0.3 is 6.18 Å². The van der Waals surface area contributed by atoms with Crippen LogP contribution < -0.4 is 10.1 Å². The third-order valence-corrected chi connectivity index (χ3v) is 4.11. The zero-order chi connectivity index (χ0) is 21.1. The van der Waals surface area contributed by atoms with Gasteiger partial charge in [-0.05, 0) is 43.3 Å². The summed E-state index contributed by atoms with van der Waals surface area (Å²) in [7, 11) is 0. The number of nitrogens with zero attached hydrogens (tertiary/aromatic N) is 1. The van der Waals surface area contributed by atoms with Crippen LogP contribution in [0.4, 0.5) is 24.5 Å². The molecule has 0 aromatic heterocycles. The highest BCUT2D eigenvalue weighted by molar-refractivity contribution is 9.10. The number of carbonyl (C=O) groups is 1. The number of hydrogen-bond acceptors (Lipinski definition) is 5. The first kappa shape index (κ1) is 21.6. The molecule has 2 rings (SSSR count). The summed E-state index contributed by atoms with van der Waals surface area (Å²) >= 11 is 3.24. The van der Waals surface area contributed by atoms with Gasteiger partial charge in [0.05, 0.1) is 4.92 Å². The fraction of sp³-hybridized carbons (Fsp3) is 0.235. The summed E-state index contributed by atoms with van der Waals surface area (Å²) in [5.74, 6) is -0.669. The summed E-state index contributed by atoms with van der Waals surface area (Å²) in [5.41, 5.74) is -5.09. The van der Waals surface area contributed by atoms with Crippen molar-refractivity contribution in [3.05, 3.63) is 62.6 Å². The van der Waals surface area contributed by atoms with Gasteiger partial charge < -0.3 is 15.2 Å². The van der Waals surface area contributed by atoms with Crippen LogP contribution in [-0.4, -0.2) is 28.1 Å². The average molecular weight is 463 g/mol. The topological polar surface area (TPSA) is 102 Å². The SMILES string of the molecule is C[C@](O)(COc1ccc(Br)cc1)C(=O)Nc1ccc([N+](=O)[O-])c(C(F)(F)F)c1. The molecule has 2 aromatic rings. The molecule has 2 aromatic carbocycles. The second kappa shape index (κ2) is 8.15. The van der Waals surface area contributed by atoms with Crippen molar-refractivity contribution in [2.24, 2.45) is 0 Å². The van der Waals surface area contributed by atoms with Crippen LogP contribution >= 0.6 is 15.9 Å². The number of nitro benzene ring substituents is 1. The molecule has 150 valence electrons. The lowest BCUT2D eigenvalue weighted by Gasteiger charge is -2.23. The predicted octanol–water partition coefficient (Wildman–Crippen LogP) is 4.14. The van der Waals surface area contributed by atoms with E-state index in [-0.39, 0.29) is 5.69 Å². The van der Waals surface area contributed by atoms with Crippen LogP contribution in [0.5, 0.6) is 5.75 Å². The minimum absolute atomic E-state index is 0.355. The van der Waals surface area contributed by atoms with Gasteiger partial charge in [0.1, 0.15) is 17.9 Å². The first-order valence-corrected chi connectivity index (χ1v) is 8.47. The highest BCUT2D eigenvalue weighted by Gasteiger charge is 2.39. The molecule has 2 N–H and O–H groups in total. The van der Waals surface area contributed by atoms with Gasteiger partial charge in [-0.25, -0.2) is 0 Å². The molecule has 0 saturated carbocycles. The van der Waals surface area contributed by atoms with Crippen LogP contribution in [0.1, 0.15) is 12.5 Å². The van der Waals surface area contributed by atoms with Crippen LogP contribution in [0.25, 0.3) is 0 Å². The molecule has 0 spiro atoms. The quantitative estimate of drug-likeness (QED) is 0.496. The Morgan fingerprint density at radius 2 is 1.86 bits per heavy atom. The maximum atomic E-state index is 13.0. The first-order chi connectivity index (χ1) is 12.9. The van der Waals surface area contributed by atoms with Gasteiger partial charge in [-0.15, -0.1) is 0 Å². The number of amides is 1. The maximum Gasteiger partial charge on any atom is 0.423 e. The smallest absolute Gasteiger partial charge is 0.423 e. The van der Waals surface area contributed by atoms with Crippen molar-refractivity contribution in [2.75, 3.05) is 11.9 Å². The molecular weight excluding hydrogens is 449 g/mol. The molecule has 0 saturated heterocycles. The standard InChI is InChI=1S/C17H14BrF3N2O5/c1-16(25,9-28-12-5-2-10(18)3-6-12)15(24)22-11-4-7-14(23(26)27)13(8-11)17(19,20)21/h2-8,25H,9H2,1H3,(H,22,24)/t16-/m0/s1. The third-order valence-electron chi connectivity index (χ3n) is 3.58. The molecule has 0 aliphatic carbocycles. The Morgan fingerprint density at radius 1 is 1.25 bits per heavy atom. The van der Waals surface area contributed by atoms with Crippen molar-refractivity contribution >= 4 is 33.2 Å². The fourth-order valence-corrected chi connectivity index (χ4v) is 2.35. The van der Waals surface area contributed by atoms with E-state index in [4.69, 9.17) is 4.74 Å². The summed E-state index contributed by atoms with van der Waals surface area (Å²) in [6, 6.07) is 8.54. The van der Waals surface area contributed by atoms with E-state index in [0.717, 1.165) is 17.5 Å². The van der Waals surface area contributed by atoms with Crippen molar-refractivity contribution in [3.63, 3.8) is 0 Å². The fourth-order valence-electron chi connectivity index (χ4n) is 2.09. The zero-order valence-corrected chi connectivity index (χ0v) is 15.9. The molecule has 0 radical (unpaired) electrons. The molecule has 0 bridgehead atoms. The number of aliphatic hydroxyl groups is 1. The minimum atomic E-state index is -4.99. The minimum Gasteiger partial charge on any atom is -0.490 e. The summed E-state index contributed by atoms with van der Waals surface area (Å²) in [6.07, 6.45) is -4.99. The van der Waals surface area contributed by atoms with Crippen molar-refractivity contribution in [2.45, 2.75) is 18.7 Å². The molecule has 1 atom stereocenters. The highest BCUT2D eigenvalue weighted by Crippen LogP contribution is 2.37. The Hall–Kier alpha value is -2.66. The number of alkyl halides is 3. The Bertz CT molecular complexity index is 885. The van der Waals surface area contributed by atoms with E-state index < -0.39 is 40.5 Å². The average Bonchev–Trinajstić information content (AvgIpc) is 2.60. The maximum absolute atomic E-state index is 13.0. The van der Waals surface area contributed by atoms with E-state index in [1.807, 2.05) is 0 Å². The monoisotopic (exact) mass is 462 g/mol. The molecule has 0 aliphatic rings. The predicted molar refractivity (Wildman–Crippen MR) is 97.0 cm³/mol. The molecule has 0 fully saturated rings. The van der Waals surface area contributed by atoms with Gasteiger partial charge in [0.25, 0.3) is 11.6 Å². The van der Waals surface area contributed by atoms with Gasteiger partial charge in [0.2, 0.25) is 0 Å². The van der Waals surface area contributed by atoms with Gasteiger partial charge in [0.15, 0.2) is 5.60 Å². The molecule has 28 heavy (non-hydrogen) atoms. The normalized spacial score (nSPS) is 13.5. The summed E-state index contributed by atoms with van der Waals surface area (Å²) in [5, 5.41) is 23.1. The Labute approximate surface area is 165 Å². The lowest BCUT2D eigenvalue weighted by atomic mass is 10.1. The Kier molecular flexibility index (Phi) is 6.30. The molecule has 11 heteroatoms. The number of hydrogen-bond donors (Lipinski definition) is 2. The number of carbonyl (C=O) groups excluding carboxylic acids is 1. The van der Waals surface area contributed by atoms with Crippen molar-refractivity contribution in [1.82, 2.24) is 0 Å². The van der Waals surface area contributed by atoms with Gasteiger partial charge in [-0.3, -0.25) is 14.9 Å². The lowest BCUT2D eigenvalue weighted by Crippen LogP contribution is -2.45. The number of ether oxygens (including phenoxy) is 1. The third kappa shape index (κ3) is 5.42. The number of rotatable bonds is 6. The molecule has 0 aliphatic heterocycles. The molecular formula is C17H14BrF3N2O5. The molecule has 0 unspecified atom stereocenters. The highest BCUT2D eigenvalue weighted by atomic mass is 79.9. The van der Waals surface area contributed by atoms with Crippen molar-refractivity contribution in [3.8, 4) is 5.75 Å². The molecule has 1 amide bonds. The van der Waals surface area contributed by atoms with Gasteiger partial charge in [0, 0.05) is 16.2 Å². The van der Waals surface area contributed by atoms with E-state index in [1.54, 1.807) is 24.3 Å². The van der Waals surface area contributed by atoms with Crippen molar-refractivity contribution < 1.29 is 32.7 Å². The molecule has 0 heterocycles. The summed E-state index contributed by atoms with van der Waals surface area (Å²) < 4.78 is 45.1. The van der Waals surface area contributed by atoms with Crippen LogP contribution in [0, 0.1) is 10.1 Å².